The maximum absolute atomic E-state index is 11.2. The van der Waals surface area contributed by atoms with Gasteiger partial charge in [-0.2, -0.15) is 0 Å². The monoisotopic (exact) mass is 234 g/mol. The number of aromatic nitrogens is 1. The lowest BCUT2D eigenvalue weighted by Crippen LogP contribution is -2.24. The summed E-state index contributed by atoms with van der Waals surface area (Å²) in [5.74, 6) is 1.12. The van der Waals surface area contributed by atoms with E-state index in [1.807, 2.05) is 18.9 Å². The lowest BCUT2D eigenvalue weighted by atomic mass is 10.1. The number of nitrogens with zero attached hydrogens (tertiary/aromatic N) is 2. The number of aryl methyl sites for hydroxylation is 1. The lowest BCUT2D eigenvalue weighted by molar-refractivity contribution is 0.0696. The molecule has 92 valence electrons. The average molecular weight is 234 g/mol. The molecule has 17 heavy (non-hydrogen) atoms. The summed E-state index contributed by atoms with van der Waals surface area (Å²) in [6, 6.07) is 1.74. The van der Waals surface area contributed by atoms with E-state index in [1.54, 1.807) is 12.3 Å². The Morgan fingerprint density at radius 1 is 1.65 bits per heavy atom. The van der Waals surface area contributed by atoms with Crippen LogP contribution in [0.2, 0.25) is 0 Å². The van der Waals surface area contributed by atoms with Gasteiger partial charge in [-0.15, -0.1) is 0 Å². The van der Waals surface area contributed by atoms with Gasteiger partial charge in [0.05, 0.1) is 0 Å². The Hall–Kier alpha value is -1.58. The molecule has 1 aliphatic carbocycles. The van der Waals surface area contributed by atoms with Crippen molar-refractivity contribution in [1.82, 2.24) is 4.98 Å². The van der Waals surface area contributed by atoms with Crippen LogP contribution in [0, 0.1) is 18.8 Å². The van der Waals surface area contributed by atoms with Gasteiger partial charge in [0.15, 0.2) is 0 Å². The molecular weight excluding hydrogens is 216 g/mol. The largest absolute Gasteiger partial charge is 0.478 e. The van der Waals surface area contributed by atoms with Crippen molar-refractivity contribution in [2.75, 3.05) is 18.5 Å². The van der Waals surface area contributed by atoms with Crippen molar-refractivity contribution in [1.29, 1.82) is 0 Å². The highest BCUT2D eigenvalue weighted by molar-refractivity contribution is 5.94. The van der Waals surface area contributed by atoms with Crippen LogP contribution >= 0.6 is 0 Å². The van der Waals surface area contributed by atoms with Gasteiger partial charge in [-0.05, 0) is 36.8 Å². The Labute approximate surface area is 101 Å². The summed E-state index contributed by atoms with van der Waals surface area (Å²) in [6.07, 6.45) is 2.91. The SMILES string of the molecule is Cc1ccnc(N(C)CC2CC2C)c1C(=O)O. The smallest absolute Gasteiger partial charge is 0.339 e. The Morgan fingerprint density at radius 2 is 2.29 bits per heavy atom. The van der Waals surface area contributed by atoms with Crippen molar-refractivity contribution < 1.29 is 9.90 Å². The number of hydrogen-bond donors (Lipinski definition) is 1. The molecule has 0 radical (unpaired) electrons. The molecule has 1 aliphatic rings. The van der Waals surface area contributed by atoms with E-state index in [0.29, 0.717) is 17.3 Å². The quantitative estimate of drug-likeness (QED) is 0.867. The second-order valence-corrected chi connectivity index (χ2v) is 4.99. The van der Waals surface area contributed by atoms with E-state index in [1.165, 1.54) is 6.42 Å². The fourth-order valence-electron chi connectivity index (χ4n) is 2.19. The van der Waals surface area contributed by atoms with E-state index >= 15 is 0 Å². The van der Waals surface area contributed by atoms with Crippen LogP contribution in [0.4, 0.5) is 5.82 Å². The third kappa shape index (κ3) is 2.40. The number of anilines is 1. The molecule has 1 saturated carbocycles. The maximum Gasteiger partial charge on any atom is 0.339 e. The number of hydrogen-bond acceptors (Lipinski definition) is 3. The first-order valence-electron chi connectivity index (χ1n) is 5.90. The summed E-state index contributed by atoms with van der Waals surface area (Å²) in [5, 5.41) is 9.23. The van der Waals surface area contributed by atoms with Gasteiger partial charge in [0.25, 0.3) is 0 Å². The molecule has 1 N–H and O–H groups in total. The Morgan fingerprint density at radius 3 is 2.82 bits per heavy atom. The van der Waals surface area contributed by atoms with Gasteiger partial charge in [0.1, 0.15) is 11.4 Å². The number of carboxylic acid groups (broad SMARTS) is 1. The number of pyridine rings is 1. The number of rotatable bonds is 4. The Balaban J connectivity index is 2.24. The van der Waals surface area contributed by atoms with Gasteiger partial charge < -0.3 is 10.0 Å². The molecular formula is C13H18N2O2. The predicted octanol–water partition coefficient (Wildman–Crippen LogP) is 2.18. The average Bonchev–Trinajstić information content (AvgIpc) is 2.93. The summed E-state index contributed by atoms with van der Waals surface area (Å²) in [5.41, 5.74) is 1.08. The molecule has 1 fully saturated rings. The van der Waals surface area contributed by atoms with Crippen molar-refractivity contribution in [3.8, 4) is 0 Å². The minimum absolute atomic E-state index is 0.323. The van der Waals surface area contributed by atoms with Crippen LogP contribution in [0.3, 0.4) is 0 Å². The minimum Gasteiger partial charge on any atom is -0.478 e. The van der Waals surface area contributed by atoms with Crippen LogP contribution in [0.15, 0.2) is 12.3 Å². The third-order valence-electron chi connectivity index (χ3n) is 3.50. The second-order valence-electron chi connectivity index (χ2n) is 4.99. The van der Waals surface area contributed by atoms with Gasteiger partial charge in [-0.1, -0.05) is 6.92 Å². The molecule has 2 rings (SSSR count). The van der Waals surface area contributed by atoms with Gasteiger partial charge in [0.2, 0.25) is 0 Å². The first-order valence-corrected chi connectivity index (χ1v) is 5.90. The molecule has 2 unspecified atom stereocenters. The van der Waals surface area contributed by atoms with E-state index in [9.17, 15) is 9.90 Å². The number of carbonyl (C=O) groups is 1. The molecule has 0 aliphatic heterocycles. The van der Waals surface area contributed by atoms with E-state index in [2.05, 4.69) is 11.9 Å². The molecule has 0 aromatic carbocycles. The van der Waals surface area contributed by atoms with E-state index < -0.39 is 5.97 Å². The number of carboxylic acids is 1. The van der Waals surface area contributed by atoms with Crippen LogP contribution < -0.4 is 4.90 Å². The highest BCUT2D eigenvalue weighted by atomic mass is 16.4. The predicted molar refractivity (Wildman–Crippen MR) is 66.5 cm³/mol. The second kappa shape index (κ2) is 4.35. The normalized spacial score (nSPS) is 22.3. The zero-order chi connectivity index (χ0) is 12.6. The molecule has 0 spiro atoms. The van der Waals surface area contributed by atoms with Crippen molar-refractivity contribution in [2.24, 2.45) is 11.8 Å². The molecule has 1 aromatic rings. The first kappa shape index (κ1) is 11.9. The molecule has 4 heteroatoms. The maximum atomic E-state index is 11.2. The van der Waals surface area contributed by atoms with E-state index in [4.69, 9.17) is 0 Å². The highest BCUT2D eigenvalue weighted by Crippen LogP contribution is 2.38. The lowest BCUT2D eigenvalue weighted by Gasteiger charge is -2.20. The number of aromatic carboxylic acids is 1. The summed E-state index contributed by atoms with van der Waals surface area (Å²) in [7, 11) is 1.92. The fraction of sp³-hybridized carbons (Fsp3) is 0.538. The van der Waals surface area contributed by atoms with Crippen LogP contribution in [-0.4, -0.2) is 29.7 Å². The van der Waals surface area contributed by atoms with Crippen LogP contribution in [-0.2, 0) is 0 Å². The molecule has 0 saturated heterocycles. The highest BCUT2D eigenvalue weighted by Gasteiger charge is 2.34. The van der Waals surface area contributed by atoms with Gasteiger partial charge in [0, 0.05) is 19.8 Å². The standard InChI is InChI=1S/C13H18N2O2/c1-8-4-5-14-12(11(8)13(16)17)15(3)7-10-6-9(10)2/h4-5,9-10H,6-7H2,1-3H3,(H,16,17). The molecule has 1 aromatic heterocycles. The van der Waals surface area contributed by atoms with Gasteiger partial charge in [-0.3, -0.25) is 0 Å². The topological polar surface area (TPSA) is 53.4 Å². The molecule has 4 nitrogen and oxygen atoms in total. The van der Waals surface area contributed by atoms with E-state index in [0.717, 1.165) is 18.0 Å². The van der Waals surface area contributed by atoms with Crippen LogP contribution in [0.25, 0.3) is 0 Å². The summed E-state index contributed by atoms with van der Waals surface area (Å²) in [6.45, 7) is 4.92. The zero-order valence-corrected chi connectivity index (χ0v) is 10.5. The summed E-state index contributed by atoms with van der Waals surface area (Å²) >= 11 is 0. The van der Waals surface area contributed by atoms with Crippen molar-refractivity contribution >= 4 is 11.8 Å². The minimum atomic E-state index is -0.902. The first-order chi connectivity index (χ1) is 8.00. The van der Waals surface area contributed by atoms with Crippen LogP contribution in [0.5, 0.6) is 0 Å². The zero-order valence-electron chi connectivity index (χ0n) is 10.5. The Kier molecular flexibility index (Phi) is 3.05. The van der Waals surface area contributed by atoms with Gasteiger partial charge >= 0.3 is 5.97 Å². The fourth-order valence-corrected chi connectivity index (χ4v) is 2.19. The van der Waals surface area contributed by atoms with Crippen LogP contribution in [0.1, 0.15) is 29.3 Å². The molecule has 2 atom stereocenters. The molecule has 0 amide bonds. The molecule has 1 heterocycles. The molecule has 0 bridgehead atoms. The van der Waals surface area contributed by atoms with Crippen molar-refractivity contribution in [2.45, 2.75) is 20.3 Å². The Bertz CT molecular complexity index is 445. The third-order valence-corrected chi connectivity index (χ3v) is 3.50. The summed E-state index contributed by atoms with van der Waals surface area (Å²) < 4.78 is 0. The summed E-state index contributed by atoms with van der Waals surface area (Å²) in [4.78, 5) is 17.4. The van der Waals surface area contributed by atoms with Gasteiger partial charge in [-0.25, -0.2) is 9.78 Å². The van der Waals surface area contributed by atoms with Crippen molar-refractivity contribution in [3.05, 3.63) is 23.4 Å². The van der Waals surface area contributed by atoms with Crippen molar-refractivity contribution in [3.63, 3.8) is 0 Å². The van der Waals surface area contributed by atoms with E-state index in [-0.39, 0.29) is 0 Å².